The highest BCUT2D eigenvalue weighted by molar-refractivity contribution is 7.69. The van der Waals surface area contributed by atoms with Crippen LogP contribution in [-0.4, -0.2) is 35.5 Å². The highest BCUT2D eigenvalue weighted by Gasteiger charge is 2.63. The first-order valence-corrected chi connectivity index (χ1v) is 16.7. The molecule has 0 spiro atoms. The van der Waals surface area contributed by atoms with Crippen molar-refractivity contribution in [2.24, 2.45) is 35.5 Å². The maximum Gasteiger partial charge on any atom is 0.0445 e. The maximum atomic E-state index is 3.81. The van der Waals surface area contributed by atoms with Gasteiger partial charge in [0.05, 0.1) is 0 Å². The Hall–Kier alpha value is -0.590. The van der Waals surface area contributed by atoms with Crippen molar-refractivity contribution >= 4 is 18.9 Å². The number of rotatable bonds is 4. The standard InChI is InChI=1S/C32H47N2P/c1-21-19-34(20-22(2)33-21)29-5-3-4-6-30(29)35(31-13-23-7-24(14-31)9-25(8-23)15-31)32-16-26-10-27(17-32)12-28(11-26)18-32/h3-6,21-28,33H,7-20H2,1-2H3. The van der Waals surface area contributed by atoms with E-state index in [2.05, 4.69) is 48.3 Å². The lowest BCUT2D eigenvalue weighted by atomic mass is 9.55. The van der Waals surface area contributed by atoms with Gasteiger partial charge in [-0.15, -0.1) is 0 Å². The van der Waals surface area contributed by atoms with Crippen LogP contribution in [0.2, 0.25) is 0 Å². The number of hydrogen-bond acceptors (Lipinski definition) is 2. The first kappa shape index (κ1) is 22.4. The van der Waals surface area contributed by atoms with E-state index in [1.54, 1.807) is 82.7 Å². The molecule has 9 fully saturated rings. The Labute approximate surface area is 215 Å². The molecule has 1 saturated heterocycles. The summed E-state index contributed by atoms with van der Waals surface area (Å²) in [6.07, 6.45) is 19.0. The number of nitrogens with one attached hydrogen (secondary N) is 1. The number of hydrogen-bond donors (Lipinski definition) is 1. The predicted molar refractivity (Wildman–Crippen MR) is 149 cm³/mol. The zero-order chi connectivity index (χ0) is 23.4. The summed E-state index contributed by atoms with van der Waals surface area (Å²) in [5, 5.41) is 7.00. The molecule has 2 nitrogen and oxygen atoms in total. The second-order valence-corrected chi connectivity index (χ2v) is 18.0. The second kappa shape index (κ2) is 7.96. The highest BCUT2D eigenvalue weighted by atomic mass is 31.1. The van der Waals surface area contributed by atoms with Crippen molar-refractivity contribution in [3.05, 3.63) is 24.3 Å². The minimum atomic E-state index is -0.140. The quantitative estimate of drug-likeness (QED) is 0.461. The lowest BCUT2D eigenvalue weighted by molar-refractivity contribution is 0.0195. The molecule has 1 aliphatic heterocycles. The molecule has 8 aliphatic carbocycles. The summed E-state index contributed by atoms with van der Waals surface area (Å²) in [7, 11) is -0.140. The predicted octanol–water partition coefficient (Wildman–Crippen LogP) is 6.92. The fourth-order valence-corrected chi connectivity index (χ4v) is 17.5. The van der Waals surface area contributed by atoms with Gasteiger partial charge in [0, 0.05) is 36.2 Å². The maximum absolute atomic E-state index is 3.81. The third-order valence-corrected chi connectivity index (χ3v) is 15.8. The minimum Gasteiger partial charge on any atom is -0.368 e. The van der Waals surface area contributed by atoms with Crippen LogP contribution >= 0.6 is 7.92 Å². The Kier molecular flexibility index (Phi) is 5.09. The van der Waals surface area contributed by atoms with Gasteiger partial charge in [-0.1, -0.05) is 26.1 Å². The highest BCUT2D eigenvalue weighted by Crippen LogP contribution is 2.78. The topological polar surface area (TPSA) is 15.3 Å². The van der Waals surface area contributed by atoms with Gasteiger partial charge in [0.2, 0.25) is 0 Å². The van der Waals surface area contributed by atoms with Gasteiger partial charge in [0.25, 0.3) is 0 Å². The molecule has 1 aromatic rings. The Morgan fingerprint density at radius 2 is 1.06 bits per heavy atom. The van der Waals surface area contributed by atoms with E-state index in [9.17, 15) is 0 Å². The van der Waals surface area contributed by atoms with Gasteiger partial charge in [-0.05, 0) is 143 Å². The van der Waals surface area contributed by atoms with E-state index in [0.29, 0.717) is 22.4 Å². The molecule has 2 unspecified atom stereocenters. The molecule has 1 aromatic carbocycles. The lowest BCUT2D eigenvalue weighted by Crippen LogP contribution is -2.59. The van der Waals surface area contributed by atoms with Gasteiger partial charge in [-0.3, -0.25) is 0 Å². The van der Waals surface area contributed by atoms with Gasteiger partial charge >= 0.3 is 0 Å². The van der Waals surface area contributed by atoms with Crippen LogP contribution in [0, 0.1) is 35.5 Å². The van der Waals surface area contributed by atoms with Crippen molar-refractivity contribution in [1.82, 2.24) is 5.32 Å². The number of benzene rings is 1. The van der Waals surface area contributed by atoms with Gasteiger partial charge in [0.1, 0.15) is 0 Å². The zero-order valence-corrected chi connectivity index (χ0v) is 23.1. The van der Waals surface area contributed by atoms with Crippen LogP contribution in [0.3, 0.4) is 0 Å². The molecule has 1 N–H and O–H groups in total. The Balaban J connectivity index is 1.27. The summed E-state index contributed by atoms with van der Waals surface area (Å²) in [6, 6.07) is 11.2. The van der Waals surface area contributed by atoms with Crippen molar-refractivity contribution in [3.8, 4) is 0 Å². The molecule has 8 bridgehead atoms. The molecule has 2 atom stereocenters. The van der Waals surface area contributed by atoms with Gasteiger partial charge < -0.3 is 10.2 Å². The molecule has 1 heterocycles. The summed E-state index contributed by atoms with van der Waals surface area (Å²) in [4.78, 5) is 2.82. The molecule has 0 amide bonds. The summed E-state index contributed by atoms with van der Waals surface area (Å²) in [5.74, 6) is 6.37. The molecule has 0 radical (unpaired) electrons. The second-order valence-electron chi connectivity index (χ2n) is 15.0. The Morgan fingerprint density at radius 1 is 0.657 bits per heavy atom. The summed E-state index contributed by atoms with van der Waals surface area (Å²) in [5.41, 5.74) is 1.66. The molecule has 190 valence electrons. The van der Waals surface area contributed by atoms with Crippen LogP contribution < -0.4 is 15.5 Å². The average Bonchev–Trinajstić information content (AvgIpc) is 2.76. The van der Waals surface area contributed by atoms with Crippen molar-refractivity contribution in [2.45, 2.75) is 113 Å². The Bertz CT molecular complexity index is 861. The van der Waals surface area contributed by atoms with Crippen molar-refractivity contribution < 1.29 is 0 Å². The number of anilines is 1. The molecule has 10 rings (SSSR count). The Morgan fingerprint density at radius 3 is 1.49 bits per heavy atom. The van der Waals surface area contributed by atoms with E-state index in [0.717, 1.165) is 35.5 Å². The van der Waals surface area contributed by atoms with E-state index in [4.69, 9.17) is 0 Å². The zero-order valence-electron chi connectivity index (χ0n) is 22.2. The molecule has 3 heteroatoms. The monoisotopic (exact) mass is 490 g/mol. The third kappa shape index (κ3) is 3.55. The molecule has 0 aromatic heterocycles. The van der Waals surface area contributed by atoms with Crippen molar-refractivity contribution in [1.29, 1.82) is 0 Å². The number of piperazine rings is 1. The van der Waals surface area contributed by atoms with Crippen LogP contribution in [0.4, 0.5) is 5.69 Å². The minimum absolute atomic E-state index is 0.140. The average molecular weight is 491 g/mol. The van der Waals surface area contributed by atoms with Gasteiger partial charge in [-0.2, -0.15) is 0 Å². The van der Waals surface area contributed by atoms with Crippen LogP contribution in [0.15, 0.2) is 24.3 Å². The van der Waals surface area contributed by atoms with Crippen LogP contribution in [0.25, 0.3) is 0 Å². The fourth-order valence-electron chi connectivity index (χ4n) is 12.1. The molecule has 35 heavy (non-hydrogen) atoms. The first-order valence-electron chi connectivity index (χ1n) is 15.4. The summed E-state index contributed by atoms with van der Waals surface area (Å²) >= 11 is 0. The van der Waals surface area contributed by atoms with Crippen LogP contribution in [0.5, 0.6) is 0 Å². The molecular weight excluding hydrogens is 443 g/mol. The van der Waals surface area contributed by atoms with E-state index >= 15 is 0 Å². The summed E-state index contributed by atoms with van der Waals surface area (Å²) in [6.45, 7) is 7.14. The van der Waals surface area contributed by atoms with E-state index in [1.165, 1.54) is 13.1 Å². The molecule has 8 saturated carbocycles. The number of nitrogens with zero attached hydrogens (tertiary/aromatic N) is 1. The molecule has 9 aliphatic rings. The third-order valence-electron chi connectivity index (χ3n) is 12.0. The van der Waals surface area contributed by atoms with E-state index < -0.39 is 0 Å². The largest absolute Gasteiger partial charge is 0.368 e. The van der Waals surface area contributed by atoms with E-state index in [-0.39, 0.29) is 7.92 Å². The van der Waals surface area contributed by atoms with Gasteiger partial charge in [-0.25, -0.2) is 0 Å². The normalized spacial score (nSPS) is 50.6. The smallest absolute Gasteiger partial charge is 0.0445 e. The van der Waals surface area contributed by atoms with Crippen molar-refractivity contribution in [3.63, 3.8) is 0 Å². The van der Waals surface area contributed by atoms with Crippen molar-refractivity contribution in [2.75, 3.05) is 18.0 Å². The molecular formula is C32H47N2P. The number of para-hydroxylation sites is 1. The van der Waals surface area contributed by atoms with Crippen LogP contribution in [0.1, 0.15) is 90.9 Å². The van der Waals surface area contributed by atoms with Gasteiger partial charge in [0.15, 0.2) is 0 Å². The fraction of sp³-hybridized carbons (Fsp3) is 0.812. The van der Waals surface area contributed by atoms with E-state index in [1.807, 2.05) is 5.30 Å². The lowest BCUT2D eigenvalue weighted by Gasteiger charge is -2.67. The van der Waals surface area contributed by atoms with Crippen LogP contribution in [-0.2, 0) is 0 Å². The first-order chi connectivity index (χ1) is 17.0. The summed E-state index contributed by atoms with van der Waals surface area (Å²) < 4.78 is 0. The SMILES string of the molecule is CC1CN(c2ccccc2P(C23CC4CC(CC(C4)C2)C3)C23CC4CC(CC(C4)C2)C3)CC(C)N1.